The van der Waals surface area contributed by atoms with Crippen molar-refractivity contribution < 1.29 is 14.0 Å². The number of rotatable bonds is 4. The van der Waals surface area contributed by atoms with Crippen LogP contribution in [-0.2, 0) is 7.05 Å². The zero-order chi connectivity index (χ0) is 18.1. The number of carbonyl (C=O) groups is 2. The van der Waals surface area contributed by atoms with Gasteiger partial charge in [0.05, 0.1) is 11.6 Å². The lowest BCUT2D eigenvalue weighted by molar-refractivity contribution is 0.0839. The highest BCUT2D eigenvalue weighted by Crippen LogP contribution is 2.23. The molecule has 6 nitrogen and oxygen atoms in total. The molecule has 0 N–H and O–H groups in total. The molecule has 1 atom stereocenters. The summed E-state index contributed by atoms with van der Waals surface area (Å²) in [7, 11) is 1.61. The Labute approximate surface area is 142 Å². The SMILES string of the molecule is Cc1cc(C(=O)[C@@H](C#N)C(=O)c2nccn2C)c2ccc(F)cc2n1. The van der Waals surface area contributed by atoms with E-state index >= 15 is 0 Å². The first-order chi connectivity index (χ1) is 11.9. The van der Waals surface area contributed by atoms with Gasteiger partial charge in [0.25, 0.3) is 0 Å². The molecule has 2 aromatic heterocycles. The predicted octanol–water partition coefficient (Wildman–Crippen LogP) is 2.62. The molecule has 0 saturated carbocycles. The fraction of sp³-hybridized carbons (Fsp3) is 0.167. The normalized spacial score (nSPS) is 11.9. The van der Waals surface area contributed by atoms with Crippen LogP contribution < -0.4 is 0 Å². The third-order valence-electron chi connectivity index (χ3n) is 3.86. The van der Waals surface area contributed by atoms with Crippen molar-refractivity contribution in [1.82, 2.24) is 14.5 Å². The molecule has 0 aliphatic rings. The molecule has 0 saturated heterocycles. The number of aryl methyl sites for hydroxylation is 2. The number of hydrogen-bond acceptors (Lipinski definition) is 5. The fourth-order valence-corrected chi connectivity index (χ4v) is 2.66. The molecule has 25 heavy (non-hydrogen) atoms. The van der Waals surface area contributed by atoms with E-state index in [2.05, 4.69) is 9.97 Å². The van der Waals surface area contributed by atoms with E-state index < -0.39 is 23.3 Å². The third-order valence-corrected chi connectivity index (χ3v) is 3.86. The molecule has 0 aliphatic heterocycles. The first kappa shape index (κ1) is 16.5. The number of Topliss-reactive ketones (excluding diaryl/α,β-unsaturated/α-hetero) is 2. The largest absolute Gasteiger partial charge is 0.332 e. The highest BCUT2D eigenvalue weighted by Gasteiger charge is 2.32. The summed E-state index contributed by atoms with van der Waals surface area (Å²) in [6, 6.07) is 7.10. The number of halogens is 1. The van der Waals surface area contributed by atoms with Gasteiger partial charge in [-0.05, 0) is 25.1 Å². The van der Waals surface area contributed by atoms with Gasteiger partial charge < -0.3 is 4.57 Å². The minimum atomic E-state index is -1.53. The molecule has 0 amide bonds. The van der Waals surface area contributed by atoms with E-state index in [0.717, 1.165) is 0 Å². The molecule has 0 spiro atoms. The van der Waals surface area contributed by atoms with Crippen molar-refractivity contribution in [3.8, 4) is 6.07 Å². The van der Waals surface area contributed by atoms with Crippen molar-refractivity contribution in [3.63, 3.8) is 0 Å². The Bertz CT molecular complexity index is 1040. The summed E-state index contributed by atoms with van der Waals surface area (Å²) in [5.41, 5.74) is 0.948. The van der Waals surface area contributed by atoms with Gasteiger partial charge in [0.2, 0.25) is 5.78 Å². The van der Waals surface area contributed by atoms with Gasteiger partial charge in [0.1, 0.15) is 5.82 Å². The van der Waals surface area contributed by atoms with Crippen LogP contribution in [0.15, 0.2) is 36.7 Å². The Balaban J connectivity index is 2.11. The van der Waals surface area contributed by atoms with Crippen LogP contribution in [0.5, 0.6) is 0 Å². The summed E-state index contributed by atoms with van der Waals surface area (Å²) in [5, 5.41) is 9.79. The summed E-state index contributed by atoms with van der Waals surface area (Å²) < 4.78 is 14.9. The van der Waals surface area contributed by atoms with Crippen LogP contribution in [0.25, 0.3) is 10.9 Å². The number of imidazole rings is 1. The van der Waals surface area contributed by atoms with Crippen molar-refractivity contribution in [2.24, 2.45) is 13.0 Å². The second kappa shape index (κ2) is 6.24. The summed E-state index contributed by atoms with van der Waals surface area (Å²) in [4.78, 5) is 33.5. The molecule has 3 rings (SSSR count). The van der Waals surface area contributed by atoms with Gasteiger partial charge in [0, 0.05) is 42.2 Å². The van der Waals surface area contributed by atoms with E-state index in [-0.39, 0.29) is 11.4 Å². The van der Waals surface area contributed by atoms with Crippen molar-refractivity contribution in [3.05, 3.63) is 59.6 Å². The van der Waals surface area contributed by atoms with E-state index in [4.69, 9.17) is 0 Å². The molecular weight excluding hydrogens is 323 g/mol. The van der Waals surface area contributed by atoms with Gasteiger partial charge in [0.15, 0.2) is 17.5 Å². The summed E-state index contributed by atoms with van der Waals surface area (Å²) in [6.07, 6.45) is 2.97. The molecule has 1 aromatic carbocycles. The van der Waals surface area contributed by atoms with Gasteiger partial charge in [-0.15, -0.1) is 0 Å². The molecule has 124 valence electrons. The van der Waals surface area contributed by atoms with Gasteiger partial charge in [-0.2, -0.15) is 5.26 Å². The van der Waals surface area contributed by atoms with E-state index in [1.165, 1.54) is 35.0 Å². The van der Waals surface area contributed by atoms with Gasteiger partial charge >= 0.3 is 0 Å². The molecule has 0 fully saturated rings. The van der Waals surface area contributed by atoms with E-state index in [0.29, 0.717) is 16.6 Å². The van der Waals surface area contributed by atoms with Crippen molar-refractivity contribution >= 4 is 22.5 Å². The highest BCUT2D eigenvalue weighted by molar-refractivity contribution is 6.20. The molecule has 0 bridgehead atoms. The molecule has 2 heterocycles. The zero-order valence-electron chi connectivity index (χ0n) is 13.5. The van der Waals surface area contributed by atoms with Crippen LogP contribution in [0, 0.1) is 30.0 Å². The lowest BCUT2D eigenvalue weighted by Gasteiger charge is -2.11. The maximum absolute atomic E-state index is 13.4. The van der Waals surface area contributed by atoms with E-state index in [1.807, 2.05) is 0 Å². The van der Waals surface area contributed by atoms with Crippen molar-refractivity contribution in [1.29, 1.82) is 5.26 Å². The Morgan fingerprint density at radius 1 is 1.28 bits per heavy atom. The van der Waals surface area contributed by atoms with E-state index in [9.17, 15) is 19.2 Å². The topological polar surface area (TPSA) is 88.6 Å². The number of pyridine rings is 1. The number of benzene rings is 1. The lowest BCUT2D eigenvalue weighted by Crippen LogP contribution is -2.25. The number of carbonyl (C=O) groups excluding carboxylic acids is 2. The predicted molar refractivity (Wildman–Crippen MR) is 87.4 cm³/mol. The number of fused-ring (bicyclic) bond motifs is 1. The highest BCUT2D eigenvalue weighted by atomic mass is 19.1. The second-order valence-corrected chi connectivity index (χ2v) is 5.63. The van der Waals surface area contributed by atoms with Gasteiger partial charge in [-0.3, -0.25) is 14.6 Å². The average Bonchev–Trinajstić information content (AvgIpc) is 3.00. The number of nitrogens with zero attached hydrogens (tertiary/aromatic N) is 4. The Kier molecular flexibility index (Phi) is 4.11. The van der Waals surface area contributed by atoms with Gasteiger partial charge in [-0.25, -0.2) is 9.37 Å². The third kappa shape index (κ3) is 2.90. The van der Waals surface area contributed by atoms with Crippen molar-refractivity contribution in [2.45, 2.75) is 6.92 Å². The quantitative estimate of drug-likeness (QED) is 0.540. The smallest absolute Gasteiger partial charge is 0.223 e. The van der Waals surface area contributed by atoms with Crippen LogP contribution in [0.1, 0.15) is 26.7 Å². The van der Waals surface area contributed by atoms with Gasteiger partial charge in [-0.1, -0.05) is 0 Å². The Hall–Kier alpha value is -3.40. The van der Waals surface area contributed by atoms with Crippen LogP contribution in [0.4, 0.5) is 4.39 Å². The Morgan fingerprint density at radius 3 is 2.68 bits per heavy atom. The number of aromatic nitrogens is 3. The summed E-state index contributed by atoms with van der Waals surface area (Å²) >= 11 is 0. The standard InChI is InChI=1S/C18H13FN4O2/c1-10-7-13(12-4-3-11(19)8-15(12)22-10)16(24)14(9-20)17(25)18-21-5-6-23(18)2/h3-8,14H,1-2H3/t14-/m1/s1. The zero-order valence-corrected chi connectivity index (χ0v) is 13.5. The van der Waals surface area contributed by atoms with Crippen LogP contribution in [0.2, 0.25) is 0 Å². The monoisotopic (exact) mass is 336 g/mol. The first-order valence-electron chi connectivity index (χ1n) is 7.44. The molecule has 3 aromatic rings. The number of nitriles is 1. The fourth-order valence-electron chi connectivity index (χ4n) is 2.66. The minimum Gasteiger partial charge on any atom is -0.332 e. The number of ketones is 2. The van der Waals surface area contributed by atoms with Crippen molar-refractivity contribution in [2.75, 3.05) is 0 Å². The maximum atomic E-state index is 13.4. The summed E-state index contributed by atoms with van der Waals surface area (Å²) in [5.74, 6) is -3.32. The molecule has 7 heteroatoms. The average molecular weight is 336 g/mol. The van der Waals surface area contributed by atoms with E-state index in [1.54, 1.807) is 26.2 Å². The van der Waals surface area contributed by atoms with Crippen LogP contribution >= 0.6 is 0 Å². The maximum Gasteiger partial charge on any atom is 0.223 e. The molecule has 0 unspecified atom stereocenters. The molecule has 0 radical (unpaired) electrons. The minimum absolute atomic E-state index is 0.0287. The summed E-state index contributed by atoms with van der Waals surface area (Å²) in [6.45, 7) is 1.66. The Morgan fingerprint density at radius 2 is 2.04 bits per heavy atom. The first-order valence-corrected chi connectivity index (χ1v) is 7.44. The number of hydrogen-bond donors (Lipinski definition) is 0. The van der Waals surface area contributed by atoms with Crippen LogP contribution in [-0.4, -0.2) is 26.1 Å². The second-order valence-electron chi connectivity index (χ2n) is 5.63. The molecule has 0 aliphatic carbocycles. The van der Waals surface area contributed by atoms with Crippen LogP contribution in [0.3, 0.4) is 0 Å². The lowest BCUT2D eigenvalue weighted by atomic mass is 9.92. The molecular formula is C18H13FN4O2.